The van der Waals surface area contributed by atoms with Crippen LogP contribution in [0.2, 0.25) is 0 Å². The van der Waals surface area contributed by atoms with E-state index in [1.807, 2.05) is 0 Å². The van der Waals surface area contributed by atoms with E-state index in [0.29, 0.717) is 0 Å². The summed E-state index contributed by atoms with van der Waals surface area (Å²) in [4.78, 5) is 25.4. The van der Waals surface area contributed by atoms with Crippen LogP contribution >= 0.6 is 0 Å². The maximum absolute atomic E-state index is 13.4. The predicted molar refractivity (Wildman–Crippen MR) is 75.3 cm³/mol. The van der Waals surface area contributed by atoms with Gasteiger partial charge >= 0.3 is 0 Å². The van der Waals surface area contributed by atoms with Crippen LogP contribution in [0.5, 0.6) is 5.75 Å². The average Bonchev–Trinajstić information content (AvgIpc) is 3.01. The molecule has 1 atom stereocenters. The number of nitrogens with one attached hydrogen (secondary N) is 1. The fourth-order valence-electron chi connectivity index (χ4n) is 2.17. The molecule has 0 radical (unpaired) electrons. The van der Waals surface area contributed by atoms with E-state index in [9.17, 15) is 14.0 Å². The van der Waals surface area contributed by atoms with Crippen molar-refractivity contribution in [1.82, 2.24) is 10.2 Å². The van der Waals surface area contributed by atoms with E-state index in [4.69, 9.17) is 4.74 Å². The standard InChI is InChI=1S/C15H19FN2O3/c1-11(21-13-7-3-2-6-12(13)16)15(20)17-10-14(19)18-8-4-5-9-18/h2-3,6-7,11H,4-5,8-10H2,1H3,(H,17,20)/t11-/m1/s1. The van der Waals surface area contributed by atoms with Gasteiger partial charge in [0.25, 0.3) is 5.91 Å². The molecule has 6 heteroatoms. The second-order valence-corrected chi connectivity index (χ2v) is 5.00. The molecule has 5 nitrogen and oxygen atoms in total. The molecule has 1 heterocycles. The molecule has 1 fully saturated rings. The number of benzene rings is 1. The Kier molecular flexibility index (Phi) is 5.14. The highest BCUT2D eigenvalue weighted by Gasteiger charge is 2.21. The largest absolute Gasteiger partial charge is 0.478 e. The number of hydrogen-bond acceptors (Lipinski definition) is 3. The Bertz CT molecular complexity index is 515. The number of nitrogens with zero attached hydrogens (tertiary/aromatic N) is 1. The summed E-state index contributed by atoms with van der Waals surface area (Å²) < 4.78 is 18.7. The molecule has 2 rings (SSSR count). The number of rotatable bonds is 5. The molecule has 21 heavy (non-hydrogen) atoms. The number of carbonyl (C=O) groups is 2. The zero-order chi connectivity index (χ0) is 15.2. The number of hydrogen-bond donors (Lipinski definition) is 1. The normalized spacial score (nSPS) is 15.6. The van der Waals surface area contributed by atoms with Crippen molar-refractivity contribution in [2.24, 2.45) is 0 Å². The quantitative estimate of drug-likeness (QED) is 0.891. The zero-order valence-electron chi connectivity index (χ0n) is 12.0. The Hall–Kier alpha value is -2.11. The molecule has 1 aromatic rings. The molecule has 1 aliphatic rings. The smallest absolute Gasteiger partial charge is 0.261 e. The van der Waals surface area contributed by atoms with Crippen molar-refractivity contribution in [2.75, 3.05) is 19.6 Å². The molecule has 1 aliphatic heterocycles. The van der Waals surface area contributed by atoms with Crippen LogP contribution < -0.4 is 10.1 Å². The van der Waals surface area contributed by atoms with Crippen LogP contribution in [0, 0.1) is 5.82 Å². The summed E-state index contributed by atoms with van der Waals surface area (Å²) in [5.74, 6) is -1.04. The van der Waals surface area contributed by atoms with Gasteiger partial charge in [0.1, 0.15) is 0 Å². The van der Waals surface area contributed by atoms with Gasteiger partial charge in [-0.1, -0.05) is 12.1 Å². The van der Waals surface area contributed by atoms with Gasteiger partial charge in [-0.05, 0) is 31.9 Å². The number of carbonyl (C=O) groups excluding carboxylic acids is 2. The molecule has 1 N–H and O–H groups in total. The van der Waals surface area contributed by atoms with Gasteiger partial charge in [-0.3, -0.25) is 9.59 Å². The first-order valence-electron chi connectivity index (χ1n) is 7.04. The van der Waals surface area contributed by atoms with Gasteiger partial charge in [0.2, 0.25) is 5.91 Å². The maximum atomic E-state index is 13.4. The molecular formula is C15H19FN2O3. The van der Waals surface area contributed by atoms with Crippen LogP contribution in [-0.2, 0) is 9.59 Å². The minimum atomic E-state index is -0.867. The van der Waals surface area contributed by atoms with Crippen LogP contribution in [0.15, 0.2) is 24.3 Å². The molecule has 0 saturated carbocycles. The highest BCUT2D eigenvalue weighted by molar-refractivity contribution is 5.87. The average molecular weight is 294 g/mol. The number of likely N-dealkylation sites (tertiary alicyclic amines) is 1. The number of amides is 2. The Morgan fingerprint density at radius 3 is 2.67 bits per heavy atom. The second kappa shape index (κ2) is 7.06. The first-order valence-corrected chi connectivity index (χ1v) is 7.04. The lowest BCUT2D eigenvalue weighted by Gasteiger charge is -2.18. The zero-order valence-corrected chi connectivity index (χ0v) is 12.0. The lowest BCUT2D eigenvalue weighted by atomic mass is 10.3. The van der Waals surface area contributed by atoms with Gasteiger partial charge in [-0.25, -0.2) is 4.39 Å². The van der Waals surface area contributed by atoms with Crippen LogP contribution in [0.1, 0.15) is 19.8 Å². The van der Waals surface area contributed by atoms with E-state index in [1.165, 1.54) is 19.1 Å². The van der Waals surface area contributed by atoms with Crippen molar-refractivity contribution >= 4 is 11.8 Å². The summed E-state index contributed by atoms with van der Waals surface area (Å²) in [6.07, 6.45) is 1.15. The fraction of sp³-hybridized carbons (Fsp3) is 0.467. The van der Waals surface area contributed by atoms with Crippen LogP contribution in [0.25, 0.3) is 0 Å². The third kappa shape index (κ3) is 4.18. The molecule has 1 aromatic carbocycles. The minimum Gasteiger partial charge on any atom is -0.478 e. The van der Waals surface area contributed by atoms with Crippen LogP contribution in [-0.4, -0.2) is 42.5 Å². The van der Waals surface area contributed by atoms with Gasteiger partial charge in [-0.15, -0.1) is 0 Å². The number of ether oxygens (including phenoxy) is 1. The van der Waals surface area contributed by atoms with E-state index < -0.39 is 17.8 Å². The molecule has 0 spiro atoms. The Labute approximate surface area is 123 Å². The second-order valence-electron chi connectivity index (χ2n) is 5.00. The molecular weight excluding hydrogens is 275 g/mol. The van der Waals surface area contributed by atoms with Crippen LogP contribution in [0.3, 0.4) is 0 Å². The Morgan fingerprint density at radius 2 is 2.00 bits per heavy atom. The fourth-order valence-corrected chi connectivity index (χ4v) is 2.17. The van der Waals surface area contributed by atoms with Gasteiger partial charge in [-0.2, -0.15) is 0 Å². The monoisotopic (exact) mass is 294 g/mol. The minimum absolute atomic E-state index is 0.0195. The van der Waals surface area contributed by atoms with Crippen molar-refractivity contribution in [1.29, 1.82) is 0 Å². The van der Waals surface area contributed by atoms with Crippen LogP contribution in [0.4, 0.5) is 4.39 Å². The Balaban J connectivity index is 1.80. The lowest BCUT2D eigenvalue weighted by Crippen LogP contribution is -2.43. The van der Waals surface area contributed by atoms with Gasteiger partial charge in [0, 0.05) is 13.1 Å². The van der Waals surface area contributed by atoms with Crippen molar-refractivity contribution < 1.29 is 18.7 Å². The third-order valence-corrected chi connectivity index (χ3v) is 3.38. The highest BCUT2D eigenvalue weighted by Crippen LogP contribution is 2.16. The molecule has 114 valence electrons. The maximum Gasteiger partial charge on any atom is 0.261 e. The molecule has 2 amide bonds. The van der Waals surface area contributed by atoms with E-state index >= 15 is 0 Å². The predicted octanol–water partition coefficient (Wildman–Crippen LogP) is 1.33. The van der Waals surface area contributed by atoms with E-state index in [0.717, 1.165) is 25.9 Å². The summed E-state index contributed by atoms with van der Waals surface area (Å²) in [6, 6.07) is 5.88. The number of halogens is 1. The summed E-state index contributed by atoms with van der Waals surface area (Å²) in [7, 11) is 0. The first-order chi connectivity index (χ1) is 10.1. The molecule has 0 aliphatic carbocycles. The molecule has 0 bridgehead atoms. The van der Waals surface area contributed by atoms with Gasteiger partial charge in [0.15, 0.2) is 17.7 Å². The Morgan fingerprint density at radius 1 is 1.33 bits per heavy atom. The van der Waals surface area contributed by atoms with Crippen molar-refractivity contribution in [2.45, 2.75) is 25.9 Å². The molecule has 0 unspecified atom stereocenters. The SMILES string of the molecule is C[C@@H](Oc1ccccc1F)C(=O)NCC(=O)N1CCCC1. The topological polar surface area (TPSA) is 58.6 Å². The van der Waals surface area contributed by atoms with Crippen molar-refractivity contribution in [3.63, 3.8) is 0 Å². The van der Waals surface area contributed by atoms with Crippen molar-refractivity contribution in [3.05, 3.63) is 30.1 Å². The molecule has 0 aromatic heterocycles. The van der Waals surface area contributed by atoms with Gasteiger partial charge in [0.05, 0.1) is 6.54 Å². The van der Waals surface area contributed by atoms with Gasteiger partial charge < -0.3 is 15.0 Å². The molecule has 1 saturated heterocycles. The van der Waals surface area contributed by atoms with E-state index in [-0.39, 0.29) is 18.2 Å². The number of para-hydroxylation sites is 1. The summed E-state index contributed by atoms with van der Waals surface area (Å²) in [6.45, 7) is 2.96. The first kappa shape index (κ1) is 15.3. The van der Waals surface area contributed by atoms with E-state index in [2.05, 4.69) is 5.32 Å². The highest BCUT2D eigenvalue weighted by atomic mass is 19.1. The van der Waals surface area contributed by atoms with Crippen molar-refractivity contribution in [3.8, 4) is 5.75 Å². The lowest BCUT2D eigenvalue weighted by molar-refractivity contribution is -0.134. The third-order valence-electron chi connectivity index (χ3n) is 3.38. The van der Waals surface area contributed by atoms with E-state index in [1.54, 1.807) is 17.0 Å². The summed E-state index contributed by atoms with van der Waals surface area (Å²) >= 11 is 0. The summed E-state index contributed by atoms with van der Waals surface area (Å²) in [5, 5.41) is 2.52. The summed E-state index contributed by atoms with van der Waals surface area (Å²) in [5.41, 5.74) is 0.